The summed E-state index contributed by atoms with van der Waals surface area (Å²) in [5.74, 6) is -0.970. The Morgan fingerprint density at radius 1 is 0.882 bits per heavy atom. The maximum Gasteiger partial charge on any atom is 0.272 e. The first-order chi connectivity index (χ1) is 16.4. The van der Waals surface area contributed by atoms with Crippen LogP contribution in [0.4, 0.5) is 10.8 Å². The summed E-state index contributed by atoms with van der Waals surface area (Å²) in [4.78, 5) is 30.3. The molecule has 0 aliphatic heterocycles. The molecule has 34 heavy (non-hydrogen) atoms. The van der Waals surface area contributed by atoms with Crippen LogP contribution in [0.3, 0.4) is 0 Å². The lowest BCUT2D eigenvalue weighted by molar-refractivity contribution is -0.113. The highest BCUT2D eigenvalue weighted by Crippen LogP contribution is 2.20. The minimum absolute atomic E-state index is 0.0208. The number of carbonyl (C=O) groups is 2. The molecule has 0 atom stereocenters. The third-order valence-electron chi connectivity index (χ3n) is 4.44. The second kappa shape index (κ2) is 10.4. The van der Waals surface area contributed by atoms with Crippen molar-refractivity contribution in [1.29, 1.82) is 0 Å². The Hall–Kier alpha value is -3.80. The average molecular weight is 511 g/mol. The lowest BCUT2D eigenvalue weighted by Crippen LogP contribution is -2.30. The first kappa shape index (κ1) is 23.4. The third-order valence-corrected chi connectivity index (χ3v) is 7.43. The van der Waals surface area contributed by atoms with Gasteiger partial charge in [-0.05, 0) is 53.9 Å². The van der Waals surface area contributed by atoms with Crippen molar-refractivity contribution in [3.8, 4) is 0 Å². The molecule has 4 rings (SSSR count). The molecule has 2 aromatic carbocycles. The molecule has 0 spiro atoms. The van der Waals surface area contributed by atoms with Gasteiger partial charge in [-0.2, -0.15) is 0 Å². The van der Waals surface area contributed by atoms with E-state index >= 15 is 0 Å². The highest BCUT2D eigenvalue weighted by Gasteiger charge is 2.18. The van der Waals surface area contributed by atoms with Crippen LogP contribution in [-0.2, 0) is 14.8 Å². The molecule has 0 saturated carbocycles. The number of carbonyl (C=O) groups excluding carboxylic acids is 2. The Labute approximate surface area is 204 Å². The maximum absolute atomic E-state index is 13.0. The van der Waals surface area contributed by atoms with Gasteiger partial charge in [0, 0.05) is 27.7 Å². The topological polar surface area (TPSA) is 117 Å². The van der Waals surface area contributed by atoms with Gasteiger partial charge >= 0.3 is 0 Å². The van der Waals surface area contributed by atoms with E-state index < -0.39 is 21.8 Å². The van der Waals surface area contributed by atoms with Crippen molar-refractivity contribution < 1.29 is 18.0 Å². The summed E-state index contributed by atoms with van der Waals surface area (Å²) in [6, 6.07) is 17.9. The molecule has 0 fully saturated rings. The third kappa shape index (κ3) is 5.95. The number of hydrogen-bond acceptors (Lipinski definition) is 7. The first-order valence-electron chi connectivity index (χ1n) is 9.86. The molecule has 2 amide bonds. The van der Waals surface area contributed by atoms with Gasteiger partial charge in [0.15, 0.2) is 5.13 Å². The van der Waals surface area contributed by atoms with Crippen LogP contribution in [0.15, 0.2) is 94.3 Å². The Morgan fingerprint density at radius 3 is 2.29 bits per heavy atom. The summed E-state index contributed by atoms with van der Waals surface area (Å²) < 4.78 is 27.4. The van der Waals surface area contributed by atoms with E-state index in [-0.39, 0.29) is 15.7 Å². The molecule has 0 unspecified atom stereocenters. The van der Waals surface area contributed by atoms with Crippen molar-refractivity contribution in [1.82, 2.24) is 10.3 Å². The number of benzene rings is 2. The normalized spacial score (nSPS) is 11.6. The number of thiophene rings is 1. The van der Waals surface area contributed by atoms with Crippen molar-refractivity contribution in [2.45, 2.75) is 4.90 Å². The molecule has 3 N–H and O–H groups in total. The molecule has 172 valence electrons. The van der Waals surface area contributed by atoms with Gasteiger partial charge in [0.05, 0.1) is 4.90 Å². The number of hydrogen-bond donors (Lipinski definition) is 3. The number of aromatic nitrogens is 1. The van der Waals surface area contributed by atoms with Crippen LogP contribution in [0.25, 0.3) is 6.08 Å². The number of nitrogens with zero attached hydrogens (tertiary/aromatic N) is 1. The fraction of sp³-hybridized carbons (Fsp3) is 0. The summed E-state index contributed by atoms with van der Waals surface area (Å²) in [5, 5.41) is 9.13. The van der Waals surface area contributed by atoms with E-state index in [4.69, 9.17) is 0 Å². The van der Waals surface area contributed by atoms with Crippen LogP contribution >= 0.6 is 22.7 Å². The van der Waals surface area contributed by atoms with Crippen LogP contribution in [0, 0.1) is 0 Å². The molecule has 0 saturated heterocycles. The number of anilines is 2. The fourth-order valence-corrected chi connectivity index (χ4v) is 5.27. The largest absolute Gasteiger partial charge is 0.321 e. The van der Waals surface area contributed by atoms with E-state index in [0.717, 1.165) is 4.88 Å². The van der Waals surface area contributed by atoms with Crippen LogP contribution in [0.5, 0.6) is 0 Å². The van der Waals surface area contributed by atoms with Gasteiger partial charge in [0.1, 0.15) is 5.70 Å². The second-order valence-electron chi connectivity index (χ2n) is 6.81. The van der Waals surface area contributed by atoms with Gasteiger partial charge in [-0.1, -0.05) is 24.3 Å². The monoisotopic (exact) mass is 510 g/mol. The zero-order chi connectivity index (χ0) is 24.0. The Kier molecular flexibility index (Phi) is 7.16. The summed E-state index contributed by atoms with van der Waals surface area (Å²) in [5.41, 5.74) is 0.831. The van der Waals surface area contributed by atoms with Crippen molar-refractivity contribution in [2.24, 2.45) is 0 Å². The minimum Gasteiger partial charge on any atom is -0.321 e. The van der Waals surface area contributed by atoms with Crippen LogP contribution < -0.4 is 15.4 Å². The van der Waals surface area contributed by atoms with E-state index in [2.05, 4.69) is 20.3 Å². The van der Waals surface area contributed by atoms with Gasteiger partial charge in [0.25, 0.3) is 21.8 Å². The van der Waals surface area contributed by atoms with Gasteiger partial charge in [-0.25, -0.2) is 13.4 Å². The molecule has 0 radical (unpaired) electrons. The number of rotatable bonds is 8. The lowest BCUT2D eigenvalue weighted by atomic mass is 10.2. The smallest absolute Gasteiger partial charge is 0.272 e. The standard InChI is InChI=1S/C23H18N4O4S3/c28-21(16-5-2-1-3-6-16)26-20(15-18-7-4-13-32-18)22(29)25-17-8-10-19(11-9-17)34(30,31)27-23-24-12-14-33-23/h1-15H,(H,24,27)(H,25,29)(H,26,28)/b20-15-. The van der Waals surface area contributed by atoms with Crippen molar-refractivity contribution >= 4 is 61.4 Å². The zero-order valence-electron chi connectivity index (χ0n) is 17.5. The zero-order valence-corrected chi connectivity index (χ0v) is 19.9. The predicted molar refractivity (Wildman–Crippen MR) is 134 cm³/mol. The second-order valence-corrected chi connectivity index (χ2v) is 10.4. The van der Waals surface area contributed by atoms with E-state index in [0.29, 0.717) is 11.3 Å². The van der Waals surface area contributed by atoms with E-state index in [1.807, 2.05) is 17.5 Å². The number of sulfonamides is 1. The summed E-state index contributed by atoms with van der Waals surface area (Å²) in [7, 11) is -3.81. The maximum atomic E-state index is 13.0. The van der Waals surface area contributed by atoms with Crippen molar-refractivity contribution in [2.75, 3.05) is 10.0 Å². The number of thiazole rings is 1. The highest BCUT2D eigenvalue weighted by molar-refractivity contribution is 7.93. The summed E-state index contributed by atoms with van der Waals surface area (Å²) >= 11 is 2.58. The molecule has 0 aliphatic carbocycles. The van der Waals surface area contributed by atoms with Crippen LogP contribution in [0.2, 0.25) is 0 Å². The van der Waals surface area contributed by atoms with E-state index in [1.165, 1.54) is 53.1 Å². The van der Waals surface area contributed by atoms with Crippen molar-refractivity contribution in [3.63, 3.8) is 0 Å². The molecule has 4 aromatic rings. The Morgan fingerprint density at radius 2 is 1.65 bits per heavy atom. The SMILES string of the molecule is O=C(Nc1ccc(S(=O)(=O)Nc2nccs2)cc1)/C(=C/c1cccs1)NC(=O)c1ccccc1. The number of amides is 2. The van der Waals surface area contributed by atoms with Crippen LogP contribution in [-0.4, -0.2) is 25.2 Å². The van der Waals surface area contributed by atoms with Crippen molar-refractivity contribution in [3.05, 3.63) is 99.8 Å². The molecular weight excluding hydrogens is 492 g/mol. The molecule has 2 heterocycles. The molecule has 0 aliphatic rings. The number of nitrogens with one attached hydrogen (secondary N) is 3. The van der Waals surface area contributed by atoms with Crippen LogP contribution in [0.1, 0.15) is 15.2 Å². The fourth-order valence-electron chi connectivity index (χ4n) is 2.82. The molecule has 8 nitrogen and oxygen atoms in total. The van der Waals surface area contributed by atoms with Gasteiger partial charge in [-0.3, -0.25) is 14.3 Å². The molecule has 0 bridgehead atoms. The quantitative estimate of drug-likeness (QED) is 0.304. The Bertz CT molecular complexity index is 1400. The highest BCUT2D eigenvalue weighted by atomic mass is 32.2. The van der Waals surface area contributed by atoms with Gasteiger partial charge in [-0.15, -0.1) is 22.7 Å². The summed E-state index contributed by atoms with van der Waals surface area (Å²) in [6.45, 7) is 0. The van der Waals surface area contributed by atoms with Gasteiger partial charge in [0.2, 0.25) is 0 Å². The minimum atomic E-state index is -3.81. The molecule has 2 aromatic heterocycles. The van der Waals surface area contributed by atoms with E-state index in [1.54, 1.807) is 41.8 Å². The summed E-state index contributed by atoms with van der Waals surface area (Å²) in [6.07, 6.45) is 3.08. The van der Waals surface area contributed by atoms with E-state index in [9.17, 15) is 18.0 Å². The lowest BCUT2D eigenvalue weighted by Gasteiger charge is -2.12. The predicted octanol–water partition coefficient (Wildman–Crippen LogP) is 4.42. The average Bonchev–Trinajstić information content (AvgIpc) is 3.54. The first-order valence-corrected chi connectivity index (χ1v) is 13.1. The molecule has 11 heteroatoms. The van der Waals surface area contributed by atoms with Gasteiger partial charge < -0.3 is 10.6 Å². The molecular formula is C23H18N4O4S3. The Balaban J connectivity index is 1.50.